The maximum absolute atomic E-state index is 11.6. The van der Waals surface area contributed by atoms with E-state index in [1.54, 1.807) is 19.9 Å². The molecule has 0 aliphatic heterocycles. The van der Waals surface area contributed by atoms with E-state index in [0.29, 0.717) is 24.3 Å². The molecular weight excluding hydrogens is 321 g/mol. The first-order valence-electron chi connectivity index (χ1n) is 5.65. The molecule has 0 saturated carbocycles. The summed E-state index contributed by atoms with van der Waals surface area (Å²) in [4.78, 5) is 11.6. The van der Waals surface area contributed by atoms with Gasteiger partial charge < -0.3 is 14.9 Å². The molecule has 1 heterocycles. The Kier molecular flexibility index (Phi) is 8.16. The quantitative estimate of drug-likeness (QED) is 0.626. The van der Waals surface area contributed by atoms with Crippen molar-refractivity contribution in [2.45, 2.75) is 26.7 Å². The van der Waals surface area contributed by atoms with Crippen molar-refractivity contribution < 1.29 is 47.1 Å². The molecule has 6 heteroatoms. The van der Waals surface area contributed by atoms with Crippen molar-refractivity contribution in [1.29, 1.82) is 0 Å². The molecular formula is C13H17N2O3Y-. The SMILES string of the molecule is CC#Cc1cc(CCC(C)([CH-]O)C(=O)NC)no1.[Y]. The molecule has 2 N–H and O–H groups in total. The zero-order valence-electron chi connectivity index (χ0n) is 11.4. The van der Waals surface area contributed by atoms with Crippen molar-refractivity contribution >= 4 is 5.91 Å². The molecule has 19 heavy (non-hydrogen) atoms. The second-order valence-corrected chi connectivity index (χ2v) is 4.18. The molecule has 1 amide bonds. The Morgan fingerprint density at radius 2 is 2.37 bits per heavy atom. The molecule has 0 spiro atoms. The zero-order chi connectivity index (χ0) is 13.6. The van der Waals surface area contributed by atoms with Gasteiger partial charge in [0.05, 0.1) is 5.69 Å². The second-order valence-electron chi connectivity index (χ2n) is 4.18. The van der Waals surface area contributed by atoms with Crippen LogP contribution in [0.15, 0.2) is 10.6 Å². The van der Waals surface area contributed by atoms with E-state index in [4.69, 9.17) is 4.52 Å². The van der Waals surface area contributed by atoms with Gasteiger partial charge in [-0.05, 0) is 19.3 Å². The summed E-state index contributed by atoms with van der Waals surface area (Å²) in [5, 5.41) is 15.6. The Labute approximate surface area is 138 Å². The van der Waals surface area contributed by atoms with E-state index in [2.05, 4.69) is 22.3 Å². The topological polar surface area (TPSA) is 75.4 Å². The first kappa shape index (κ1) is 18.3. The average Bonchev–Trinajstić information content (AvgIpc) is 2.83. The first-order chi connectivity index (χ1) is 8.55. The predicted molar refractivity (Wildman–Crippen MR) is 65.8 cm³/mol. The van der Waals surface area contributed by atoms with E-state index >= 15 is 0 Å². The molecule has 5 nitrogen and oxygen atoms in total. The summed E-state index contributed by atoms with van der Waals surface area (Å²) in [7, 11) is 1.54. The van der Waals surface area contributed by atoms with Gasteiger partial charge >= 0.3 is 0 Å². The van der Waals surface area contributed by atoms with Crippen LogP contribution >= 0.6 is 0 Å². The van der Waals surface area contributed by atoms with Crippen LogP contribution in [0.5, 0.6) is 0 Å². The summed E-state index contributed by atoms with van der Waals surface area (Å²) in [6.07, 6.45) is 0.963. The van der Waals surface area contributed by atoms with Crippen molar-refractivity contribution in [3.8, 4) is 11.8 Å². The van der Waals surface area contributed by atoms with Crippen LogP contribution in [0.25, 0.3) is 0 Å². The fourth-order valence-electron chi connectivity index (χ4n) is 1.52. The van der Waals surface area contributed by atoms with Gasteiger partial charge in [-0.3, -0.25) is 4.79 Å². The largest absolute Gasteiger partial charge is 0.565 e. The van der Waals surface area contributed by atoms with Gasteiger partial charge in [-0.2, -0.15) is 6.61 Å². The fraction of sp³-hybridized carbons (Fsp3) is 0.462. The number of aliphatic hydroxyl groups excluding tert-OH is 1. The van der Waals surface area contributed by atoms with E-state index in [0.717, 1.165) is 6.61 Å². The van der Waals surface area contributed by atoms with Crippen LogP contribution in [0, 0.1) is 23.9 Å². The molecule has 0 aromatic carbocycles. The number of hydrogen-bond acceptors (Lipinski definition) is 4. The van der Waals surface area contributed by atoms with Crippen LogP contribution in [-0.2, 0) is 43.9 Å². The Morgan fingerprint density at radius 1 is 1.68 bits per heavy atom. The third-order valence-electron chi connectivity index (χ3n) is 2.74. The fourth-order valence-corrected chi connectivity index (χ4v) is 1.52. The Bertz CT molecular complexity index is 476. The number of nitrogens with zero attached hydrogens (tertiary/aromatic N) is 1. The van der Waals surface area contributed by atoms with Crippen LogP contribution in [0.3, 0.4) is 0 Å². The molecule has 1 aromatic rings. The van der Waals surface area contributed by atoms with Gasteiger partial charge in [-0.25, -0.2) is 0 Å². The number of aliphatic hydroxyl groups is 1. The summed E-state index contributed by atoms with van der Waals surface area (Å²) in [5.74, 6) is 5.74. The van der Waals surface area contributed by atoms with Gasteiger partial charge in [0.1, 0.15) is 0 Å². The molecule has 0 fully saturated rings. The van der Waals surface area contributed by atoms with Crippen molar-refractivity contribution in [3.05, 3.63) is 24.1 Å². The van der Waals surface area contributed by atoms with Crippen LogP contribution in [0.2, 0.25) is 0 Å². The van der Waals surface area contributed by atoms with Crippen LogP contribution in [-0.4, -0.2) is 23.2 Å². The monoisotopic (exact) mass is 338 g/mol. The number of carbonyl (C=O) groups excluding carboxylic acids is 1. The van der Waals surface area contributed by atoms with Crippen molar-refractivity contribution in [2.75, 3.05) is 7.05 Å². The van der Waals surface area contributed by atoms with E-state index in [1.807, 2.05) is 0 Å². The normalized spacial score (nSPS) is 12.6. The number of carbonyl (C=O) groups is 1. The van der Waals surface area contributed by atoms with Crippen LogP contribution in [0.1, 0.15) is 31.7 Å². The van der Waals surface area contributed by atoms with Crippen molar-refractivity contribution in [3.63, 3.8) is 0 Å². The zero-order valence-corrected chi connectivity index (χ0v) is 14.2. The smallest absolute Gasteiger partial charge is 0.209 e. The molecule has 1 unspecified atom stereocenters. The number of amides is 1. The Morgan fingerprint density at radius 3 is 2.89 bits per heavy atom. The number of nitrogens with one attached hydrogen (secondary N) is 1. The predicted octanol–water partition coefficient (Wildman–Crippen LogP) is 1.26. The van der Waals surface area contributed by atoms with E-state index in [1.165, 1.54) is 7.05 Å². The number of aryl methyl sites for hydroxylation is 1. The maximum atomic E-state index is 11.6. The summed E-state index contributed by atoms with van der Waals surface area (Å²) < 4.78 is 4.99. The van der Waals surface area contributed by atoms with Crippen LogP contribution < -0.4 is 5.32 Å². The van der Waals surface area contributed by atoms with Crippen LogP contribution in [0.4, 0.5) is 0 Å². The maximum Gasteiger partial charge on any atom is 0.209 e. The molecule has 1 radical (unpaired) electrons. The van der Waals surface area contributed by atoms with Crippen molar-refractivity contribution in [1.82, 2.24) is 10.5 Å². The minimum atomic E-state index is -0.926. The molecule has 0 aliphatic carbocycles. The second kappa shape index (κ2) is 8.47. The third-order valence-corrected chi connectivity index (χ3v) is 2.74. The molecule has 101 valence electrons. The third kappa shape index (κ3) is 5.06. The molecule has 1 aromatic heterocycles. The minimum absolute atomic E-state index is 0. The van der Waals surface area contributed by atoms with E-state index in [9.17, 15) is 9.90 Å². The first-order valence-corrected chi connectivity index (χ1v) is 5.65. The van der Waals surface area contributed by atoms with E-state index in [-0.39, 0.29) is 38.6 Å². The number of aromatic nitrogens is 1. The summed E-state index contributed by atoms with van der Waals surface area (Å²) in [6, 6.07) is 1.73. The van der Waals surface area contributed by atoms with Gasteiger partial charge in [0.2, 0.25) is 5.76 Å². The minimum Gasteiger partial charge on any atom is -0.565 e. The Balaban J connectivity index is 0.00000324. The summed E-state index contributed by atoms with van der Waals surface area (Å²) in [5.41, 5.74) is -0.214. The standard InChI is InChI=1S/C13H17N2O3.Y/c1-4-5-11-8-10(15-18-11)6-7-13(2,9-16)12(17)14-3;/h8-9,16H,6-7H2,1-3H3,(H,14,17);/q-1;. The van der Waals surface area contributed by atoms with E-state index < -0.39 is 5.41 Å². The molecule has 1 atom stereocenters. The average molecular weight is 338 g/mol. The van der Waals surface area contributed by atoms with Crippen molar-refractivity contribution in [2.24, 2.45) is 5.41 Å². The Hall–Kier alpha value is -0.696. The molecule has 0 saturated heterocycles. The van der Waals surface area contributed by atoms with Gasteiger partial charge in [0, 0.05) is 45.8 Å². The molecule has 0 bridgehead atoms. The van der Waals surface area contributed by atoms with Gasteiger partial charge in [-0.15, -0.1) is 0 Å². The summed E-state index contributed by atoms with van der Waals surface area (Å²) in [6.45, 7) is 4.29. The summed E-state index contributed by atoms with van der Waals surface area (Å²) >= 11 is 0. The number of rotatable bonds is 5. The molecule has 1 rings (SSSR count). The molecule has 0 aliphatic rings. The van der Waals surface area contributed by atoms with Gasteiger partial charge in [0.15, 0.2) is 5.91 Å². The van der Waals surface area contributed by atoms with Gasteiger partial charge in [0.25, 0.3) is 0 Å². The van der Waals surface area contributed by atoms with Gasteiger partial charge in [-0.1, -0.05) is 29.8 Å². The number of hydrogen-bond donors (Lipinski definition) is 2.